The summed E-state index contributed by atoms with van der Waals surface area (Å²) >= 11 is 0. The van der Waals surface area contributed by atoms with Gasteiger partial charge < -0.3 is 0 Å². The molecule has 86 valence electrons. The van der Waals surface area contributed by atoms with E-state index in [1.54, 1.807) is 0 Å². The van der Waals surface area contributed by atoms with Crippen molar-refractivity contribution in [3.8, 4) is 0 Å². The lowest BCUT2D eigenvalue weighted by molar-refractivity contribution is -0.0531. The molecule has 0 aliphatic heterocycles. The smallest absolute Gasteiger partial charge is 0.272 e. The molecular weight excluding hydrogens is 253 g/mol. The van der Waals surface area contributed by atoms with Crippen molar-refractivity contribution in [2.45, 2.75) is 5.51 Å². The summed E-state index contributed by atoms with van der Waals surface area (Å²) in [5.74, 6) is -1.72. The Bertz CT molecular complexity index is 377. The fraction of sp³-hybridized carbons (Fsp3) is 1.00. The van der Waals surface area contributed by atoms with E-state index >= 15 is 0 Å². The summed E-state index contributed by atoms with van der Waals surface area (Å²) in [6.45, 7) is 0. The number of halogens is 3. The first-order valence-corrected chi connectivity index (χ1v) is 5.74. The summed E-state index contributed by atoms with van der Waals surface area (Å²) < 4.78 is 82.6. The van der Waals surface area contributed by atoms with Gasteiger partial charge in [-0.05, 0) is 0 Å². The third-order valence-electron chi connectivity index (χ3n) is 0.885. The third kappa shape index (κ3) is 3.77. The number of hydrogen-bond donors (Lipinski definition) is 0. The second-order valence-corrected chi connectivity index (χ2v) is 5.15. The molecule has 0 saturated heterocycles. The van der Waals surface area contributed by atoms with Crippen LogP contribution in [0.15, 0.2) is 0 Å². The van der Waals surface area contributed by atoms with E-state index in [1.807, 2.05) is 0 Å². The highest BCUT2D eigenvalue weighted by atomic mass is 32.2. The maximum atomic E-state index is 11.6. The van der Waals surface area contributed by atoms with Crippen LogP contribution in [0.2, 0.25) is 0 Å². The minimum Gasteiger partial charge on any atom is -0.272 e. The van der Waals surface area contributed by atoms with Gasteiger partial charge in [0.2, 0.25) is 0 Å². The molecule has 0 unspecified atom stereocenters. The van der Waals surface area contributed by atoms with Gasteiger partial charge >= 0.3 is 15.6 Å². The van der Waals surface area contributed by atoms with E-state index in [1.165, 1.54) is 0 Å². The fourth-order valence-corrected chi connectivity index (χ4v) is 1.45. The van der Waals surface area contributed by atoms with Crippen molar-refractivity contribution >= 4 is 20.2 Å². The normalized spacial score (nSPS) is 14.3. The molecule has 0 saturated carbocycles. The lowest BCUT2D eigenvalue weighted by atomic mass is 11.6. The first-order chi connectivity index (χ1) is 6.02. The average Bonchev–Trinajstić information content (AvgIpc) is 1.99. The molecule has 0 heterocycles. The van der Waals surface area contributed by atoms with Gasteiger partial charge in [-0.15, -0.1) is 0 Å². The molecule has 0 radical (unpaired) electrons. The predicted octanol–water partition coefficient (Wildman–Crippen LogP) is -0.214. The summed E-state index contributed by atoms with van der Waals surface area (Å²) in [6.07, 6.45) is 0. The zero-order valence-electron chi connectivity index (χ0n) is 6.61. The van der Waals surface area contributed by atoms with E-state index in [0.717, 1.165) is 0 Å². The van der Waals surface area contributed by atoms with E-state index in [0.29, 0.717) is 7.11 Å². The monoisotopic (exact) mass is 258 g/mol. The molecule has 0 aliphatic carbocycles. The molecule has 0 amide bonds. The highest BCUT2D eigenvalue weighted by molar-refractivity contribution is 7.90. The van der Waals surface area contributed by atoms with Gasteiger partial charge in [-0.3, -0.25) is 4.18 Å². The highest BCUT2D eigenvalue weighted by Crippen LogP contribution is 2.24. The Morgan fingerprint density at radius 3 is 1.86 bits per heavy atom. The van der Waals surface area contributed by atoms with E-state index in [4.69, 9.17) is 0 Å². The van der Waals surface area contributed by atoms with Crippen molar-refractivity contribution in [3.05, 3.63) is 0 Å². The molecule has 0 atom stereocenters. The minimum atomic E-state index is -5.90. The summed E-state index contributed by atoms with van der Waals surface area (Å²) in [4.78, 5) is 0. The van der Waals surface area contributed by atoms with Crippen LogP contribution in [0.1, 0.15) is 0 Å². The molecule has 0 aromatic carbocycles. The number of hydrogen-bond acceptors (Lipinski definition) is 6. The minimum absolute atomic E-state index is 0.652. The van der Waals surface area contributed by atoms with Crippen LogP contribution < -0.4 is 0 Å². The molecule has 11 heteroatoms. The number of rotatable bonds is 4. The Kier molecular flexibility index (Phi) is 3.89. The van der Waals surface area contributed by atoms with Gasteiger partial charge in [0.25, 0.3) is 10.1 Å². The van der Waals surface area contributed by atoms with Gasteiger partial charge in [0, 0.05) is 0 Å². The zero-order valence-corrected chi connectivity index (χ0v) is 8.24. The molecule has 0 N–H and O–H groups in total. The van der Waals surface area contributed by atoms with Crippen LogP contribution in [0, 0.1) is 0 Å². The van der Waals surface area contributed by atoms with Gasteiger partial charge in [-0.1, -0.05) is 0 Å². The van der Waals surface area contributed by atoms with Crippen molar-refractivity contribution < 1.29 is 38.4 Å². The molecule has 6 nitrogen and oxygen atoms in total. The SMILES string of the molecule is COS(=O)(=O)COS(=O)(=O)C(F)(F)F. The molecule has 0 aromatic heterocycles. The molecule has 0 rings (SSSR count). The van der Waals surface area contributed by atoms with Crippen molar-refractivity contribution in [2.24, 2.45) is 0 Å². The van der Waals surface area contributed by atoms with Crippen LogP contribution in [0.5, 0.6) is 0 Å². The zero-order chi connectivity index (χ0) is 11.6. The number of alkyl halides is 3. The van der Waals surface area contributed by atoms with Gasteiger partial charge in [-0.25, -0.2) is 4.18 Å². The lowest BCUT2D eigenvalue weighted by Crippen LogP contribution is -2.28. The Morgan fingerprint density at radius 2 is 1.57 bits per heavy atom. The quantitative estimate of drug-likeness (QED) is 0.512. The molecule has 0 aliphatic rings. The molecule has 0 fully saturated rings. The lowest BCUT2D eigenvalue weighted by Gasteiger charge is -2.07. The van der Waals surface area contributed by atoms with Crippen LogP contribution in [0.3, 0.4) is 0 Å². The second-order valence-electron chi connectivity index (χ2n) is 1.86. The predicted molar refractivity (Wildman–Crippen MR) is 36.9 cm³/mol. The summed E-state index contributed by atoms with van der Waals surface area (Å²) in [6, 6.07) is 0. The highest BCUT2D eigenvalue weighted by Gasteiger charge is 2.48. The van der Waals surface area contributed by atoms with Crippen LogP contribution >= 0.6 is 0 Å². The molecule has 14 heavy (non-hydrogen) atoms. The molecular formula is C3H5F3O6S2. The average molecular weight is 258 g/mol. The summed E-state index contributed by atoms with van der Waals surface area (Å²) in [7, 11) is -9.66. The third-order valence-corrected chi connectivity index (χ3v) is 2.94. The van der Waals surface area contributed by atoms with Crippen molar-refractivity contribution in [2.75, 3.05) is 13.0 Å². The molecule has 0 bridgehead atoms. The van der Waals surface area contributed by atoms with Gasteiger partial charge in [0.1, 0.15) is 0 Å². The summed E-state index contributed by atoms with van der Waals surface area (Å²) in [5.41, 5.74) is -5.66. The van der Waals surface area contributed by atoms with E-state index in [2.05, 4.69) is 8.37 Å². The Hall–Kier alpha value is -0.390. The summed E-state index contributed by atoms with van der Waals surface area (Å²) in [5, 5.41) is 0. The standard InChI is InChI=1S/C3H5F3O6S2/c1-11-13(7,8)2-12-14(9,10)3(4,5)6/h2H2,1H3. The second kappa shape index (κ2) is 4.00. The van der Waals surface area contributed by atoms with Gasteiger partial charge in [-0.2, -0.15) is 30.0 Å². The van der Waals surface area contributed by atoms with E-state index in [9.17, 15) is 30.0 Å². The van der Waals surface area contributed by atoms with Crippen LogP contribution in [-0.4, -0.2) is 35.4 Å². The van der Waals surface area contributed by atoms with Crippen molar-refractivity contribution in [1.82, 2.24) is 0 Å². The Labute approximate surface area is 77.9 Å². The topological polar surface area (TPSA) is 86.7 Å². The van der Waals surface area contributed by atoms with Crippen LogP contribution in [-0.2, 0) is 28.6 Å². The fourth-order valence-electron chi connectivity index (χ4n) is 0.237. The van der Waals surface area contributed by atoms with Crippen LogP contribution in [0.25, 0.3) is 0 Å². The maximum absolute atomic E-state index is 11.6. The first kappa shape index (κ1) is 13.6. The Morgan fingerprint density at radius 1 is 1.14 bits per heavy atom. The van der Waals surface area contributed by atoms with Gasteiger partial charge in [0.15, 0.2) is 5.94 Å². The van der Waals surface area contributed by atoms with Crippen molar-refractivity contribution in [3.63, 3.8) is 0 Å². The van der Waals surface area contributed by atoms with E-state index < -0.39 is 31.7 Å². The molecule has 0 aromatic rings. The van der Waals surface area contributed by atoms with Gasteiger partial charge in [0.05, 0.1) is 7.11 Å². The largest absolute Gasteiger partial charge is 0.523 e. The van der Waals surface area contributed by atoms with E-state index in [-0.39, 0.29) is 0 Å². The Balaban J connectivity index is 4.60. The van der Waals surface area contributed by atoms with Crippen LogP contribution in [0.4, 0.5) is 13.2 Å². The maximum Gasteiger partial charge on any atom is 0.523 e. The van der Waals surface area contributed by atoms with Crippen molar-refractivity contribution in [1.29, 1.82) is 0 Å². The first-order valence-electron chi connectivity index (χ1n) is 2.76. The molecule has 0 spiro atoms.